The van der Waals surface area contributed by atoms with Crippen LogP contribution in [0.3, 0.4) is 0 Å². The third-order valence-corrected chi connectivity index (χ3v) is 5.70. The predicted octanol–water partition coefficient (Wildman–Crippen LogP) is 3.33. The number of carbonyl (C=O) groups is 3. The molecule has 1 saturated heterocycles. The molecule has 158 valence electrons. The Morgan fingerprint density at radius 1 is 1.07 bits per heavy atom. The summed E-state index contributed by atoms with van der Waals surface area (Å²) in [5.41, 5.74) is 2.16. The zero-order chi connectivity index (χ0) is 21.3. The van der Waals surface area contributed by atoms with E-state index in [4.69, 9.17) is 4.74 Å². The molecule has 1 atom stereocenters. The normalized spacial score (nSPS) is 20.2. The molecule has 0 aromatic heterocycles. The molecule has 0 aliphatic carbocycles. The summed E-state index contributed by atoms with van der Waals surface area (Å²) >= 11 is 0. The highest BCUT2D eigenvalue weighted by atomic mass is 16.6. The zero-order valence-corrected chi connectivity index (χ0v) is 17.6. The minimum atomic E-state index is -1.06. The van der Waals surface area contributed by atoms with Crippen LogP contribution in [0, 0.1) is 0 Å². The van der Waals surface area contributed by atoms with Crippen LogP contribution in [-0.2, 0) is 20.7 Å². The van der Waals surface area contributed by atoms with E-state index in [-0.39, 0.29) is 5.91 Å². The van der Waals surface area contributed by atoms with Gasteiger partial charge in [-0.25, -0.2) is 9.59 Å². The number of ether oxygens (including phenoxy) is 1. The van der Waals surface area contributed by atoms with E-state index in [0.29, 0.717) is 24.4 Å². The van der Waals surface area contributed by atoms with Crippen LogP contribution < -0.4 is 0 Å². The third kappa shape index (κ3) is 4.54. The summed E-state index contributed by atoms with van der Waals surface area (Å²) in [6.45, 7) is 8.64. The van der Waals surface area contributed by atoms with E-state index in [1.165, 1.54) is 4.90 Å². The van der Waals surface area contributed by atoms with Crippen molar-refractivity contribution < 1.29 is 24.2 Å². The van der Waals surface area contributed by atoms with Crippen molar-refractivity contribution in [3.8, 4) is 0 Å². The molecule has 1 aromatic rings. The maximum absolute atomic E-state index is 12.6. The van der Waals surface area contributed by atoms with Crippen molar-refractivity contribution in [2.24, 2.45) is 0 Å². The van der Waals surface area contributed by atoms with Gasteiger partial charge in [-0.05, 0) is 62.6 Å². The van der Waals surface area contributed by atoms with E-state index in [0.717, 1.165) is 37.1 Å². The first kappa shape index (κ1) is 21.1. The maximum Gasteiger partial charge on any atom is 0.411 e. The van der Waals surface area contributed by atoms with Gasteiger partial charge in [-0.1, -0.05) is 18.2 Å². The number of nitrogens with zero attached hydrogens (tertiary/aromatic N) is 2. The van der Waals surface area contributed by atoms with Crippen molar-refractivity contribution in [1.29, 1.82) is 0 Å². The molecule has 0 spiro atoms. The van der Waals surface area contributed by atoms with Gasteiger partial charge in [0, 0.05) is 26.6 Å². The predicted molar refractivity (Wildman–Crippen MR) is 108 cm³/mol. The molecule has 0 unspecified atom stereocenters. The lowest BCUT2D eigenvalue weighted by molar-refractivity contribution is -0.143. The molecular weight excluding hydrogens is 372 g/mol. The van der Waals surface area contributed by atoms with Crippen LogP contribution >= 0.6 is 0 Å². The number of rotatable bonds is 2. The molecule has 7 heteroatoms. The molecule has 2 heterocycles. The smallest absolute Gasteiger partial charge is 0.411 e. The molecule has 2 aliphatic rings. The number of carboxylic acids is 1. The lowest BCUT2D eigenvalue weighted by atomic mass is 9.81. The fourth-order valence-electron chi connectivity index (χ4n) is 4.37. The fourth-order valence-corrected chi connectivity index (χ4v) is 4.37. The van der Waals surface area contributed by atoms with E-state index in [9.17, 15) is 19.5 Å². The third-order valence-electron chi connectivity index (χ3n) is 5.70. The number of carbonyl (C=O) groups excluding carboxylic acids is 2. The van der Waals surface area contributed by atoms with Gasteiger partial charge in [-0.15, -0.1) is 0 Å². The summed E-state index contributed by atoms with van der Waals surface area (Å²) < 4.78 is 5.44. The molecule has 0 radical (unpaired) electrons. The summed E-state index contributed by atoms with van der Waals surface area (Å²) in [6, 6.07) is 4.69. The molecule has 1 N–H and O–H groups in total. The molecule has 0 bridgehead atoms. The molecule has 1 fully saturated rings. The van der Waals surface area contributed by atoms with Gasteiger partial charge in [0.2, 0.25) is 5.91 Å². The monoisotopic (exact) mass is 402 g/mol. The first-order valence-corrected chi connectivity index (χ1v) is 10.2. The van der Waals surface area contributed by atoms with Crippen molar-refractivity contribution >= 4 is 18.0 Å². The quantitative estimate of drug-likeness (QED) is 0.820. The summed E-state index contributed by atoms with van der Waals surface area (Å²) in [5, 5.41) is 9.91. The Balaban J connectivity index is 1.88. The van der Waals surface area contributed by atoms with Gasteiger partial charge >= 0.3 is 12.1 Å². The topological polar surface area (TPSA) is 87.2 Å². The standard InChI is InChI=1S/C22H30N2O5/c1-14(25)23-11-8-15(9-12-23)16-6-5-7-18-17(16)10-13-24(19(18)20(26)27)21(28)29-22(2,3)4/h5-7,15,19H,8-13H2,1-4H3,(H,26,27)/t19-/m1/s1. The summed E-state index contributed by atoms with van der Waals surface area (Å²) in [4.78, 5) is 39.5. The summed E-state index contributed by atoms with van der Waals surface area (Å²) in [5.74, 6) is -0.666. The minimum Gasteiger partial charge on any atom is -0.479 e. The number of benzene rings is 1. The van der Waals surface area contributed by atoms with Crippen molar-refractivity contribution in [1.82, 2.24) is 9.80 Å². The Morgan fingerprint density at radius 3 is 2.24 bits per heavy atom. The number of amides is 2. The largest absolute Gasteiger partial charge is 0.479 e. The average Bonchev–Trinajstić information content (AvgIpc) is 2.65. The van der Waals surface area contributed by atoms with E-state index < -0.39 is 23.7 Å². The van der Waals surface area contributed by atoms with Gasteiger partial charge in [-0.3, -0.25) is 9.69 Å². The number of piperidine rings is 1. The van der Waals surface area contributed by atoms with Crippen LogP contribution in [0.25, 0.3) is 0 Å². The first-order valence-electron chi connectivity index (χ1n) is 10.2. The molecule has 29 heavy (non-hydrogen) atoms. The SMILES string of the molecule is CC(=O)N1CCC(c2cccc3c2CCN(C(=O)OC(C)(C)C)[C@H]3C(=O)O)CC1. The Hall–Kier alpha value is -2.57. The van der Waals surface area contributed by atoms with Gasteiger partial charge in [0.15, 0.2) is 6.04 Å². The summed E-state index contributed by atoms with van der Waals surface area (Å²) in [7, 11) is 0. The molecule has 0 saturated carbocycles. The lowest BCUT2D eigenvalue weighted by Gasteiger charge is -2.38. The fraction of sp³-hybridized carbons (Fsp3) is 0.591. The van der Waals surface area contributed by atoms with Gasteiger partial charge < -0.3 is 14.7 Å². The number of hydrogen-bond acceptors (Lipinski definition) is 4. The number of carboxylic acid groups (broad SMARTS) is 1. The van der Waals surface area contributed by atoms with E-state index in [2.05, 4.69) is 6.07 Å². The second-order valence-corrected chi connectivity index (χ2v) is 8.86. The van der Waals surface area contributed by atoms with Crippen LogP contribution in [0.1, 0.15) is 69.2 Å². The van der Waals surface area contributed by atoms with Crippen LogP contribution in [0.5, 0.6) is 0 Å². The van der Waals surface area contributed by atoms with Gasteiger partial charge in [0.05, 0.1) is 0 Å². The van der Waals surface area contributed by atoms with Crippen molar-refractivity contribution in [3.05, 3.63) is 34.9 Å². The molecule has 1 aromatic carbocycles. The number of aliphatic carboxylic acids is 1. The molecule has 2 aliphatic heterocycles. The number of likely N-dealkylation sites (tertiary alicyclic amines) is 1. The highest BCUT2D eigenvalue weighted by Crippen LogP contribution is 2.38. The Labute approximate surface area is 171 Å². The molecule has 2 amide bonds. The molecule has 3 rings (SSSR count). The maximum atomic E-state index is 12.6. The zero-order valence-electron chi connectivity index (χ0n) is 17.6. The average molecular weight is 402 g/mol. The number of fused-ring (bicyclic) bond motifs is 1. The van der Waals surface area contributed by atoms with Gasteiger partial charge in [0.1, 0.15) is 5.60 Å². The van der Waals surface area contributed by atoms with Crippen molar-refractivity contribution in [2.75, 3.05) is 19.6 Å². The van der Waals surface area contributed by atoms with E-state index in [1.807, 2.05) is 11.0 Å². The Kier molecular flexibility index (Phi) is 5.87. The van der Waals surface area contributed by atoms with Crippen molar-refractivity contribution in [2.45, 2.75) is 64.5 Å². The Morgan fingerprint density at radius 2 is 1.69 bits per heavy atom. The van der Waals surface area contributed by atoms with E-state index in [1.54, 1.807) is 33.8 Å². The lowest BCUT2D eigenvalue weighted by Crippen LogP contribution is -2.46. The van der Waals surface area contributed by atoms with Gasteiger partial charge in [0.25, 0.3) is 0 Å². The molecule has 7 nitrogen and oxygen atoms in total. The van der Waals surface area contributed by atoms with Crippen LogP contribution in [-0.4, -0.2) is 58.1 Å². The second-order valence-electron chi connectivity index (χ2n) is 8.86. The van der Waals surface area contributed by atoms with Crippen molar-refractivity contribution in [3.63, 3.8) is 0 Å². The van der Waals surface area contributed by atoms with Crippen LogP contribution in [0.2, 0.25) is 0 Å². The Bertz CT molecular complexity index is 806. The van der Waals surface area contributed by atoms with Gasteiger partial charge in [-0.2, -0.15) is 0 Å². The van der Waals surface area contributed by atoms with Crippen LogP contribution in [0.4, 0.5) is 4.79 Å². The number of hydrogen-bond donors (Lipinski definition) is 1. The minimum absolute atomic E-state index is 0.0949. The first-order chi connectivity index (χ1) is 13.6. The second kappa shape index (κ2) is 8.05. The highest BCUT2D eigenvalue weighted by Gasteiger charge is 2.39. The molecular formula is C22H30N2O5. The van der Waals surface area contributed by atoms with E-state index >= 15 is 0 Å². The summed E-state index contributed by atoms with van der Waals surface area (Å²) in [6.07, 6.45) is 1.73. The van der Waals surface area contributed by atoms with Crippen LogP contribution in [0.15, 0.2) is 18.2 Å². The highest BCUT2D eigenvalue weighted by molar-refractivity contribution is 5.83.